The number of methoxy groups -OCH3 is 2. The molecule has 0 aliphatic heterocycles. The number of benzene rings is 2. The number of carbonyl (C=O) groups excluding carboxylic acids is 1. The first-order chi connectivity index (χ1) is 13.0. The molecule has 144 valence electrons. The lowest BCUT2D eigenvalue weighted by Crippen LogP contribution is -2.38. The molecule has 2 aromatic carbocycles. The third-order valence-corrected chi connectivity index (χ3v) is 4.44. The average Bonchev–Trinajstić information content (AvgIpc) is 2.68. The smallest absolute Gasteiger partial charge is 0.257 e. The molecule has 2 N–H and O–H groups in total. The summed E-state index contributed by atoms with van der Waals surface area (Å²) in [5.41, 5.74) is 1.49. The average molecular weight is 453 g/mol. The Labute approximate surface area is 172 Å². The fourth-order valence-corrected chi connectivity index (χ4v) is 2.80. The van der Waals surface area contributed by atoms with Crippen LogP contribution in [0.2, 0.25) is 0 Å². The summed E-state index contributed by atoms with van der Waals surface area (Å²) in [6.45, 7) is 1.42. The van der Waals surface area contributed by atoms with Gasteiger partial charge in [-0.1, -0.05) is 12.1 Å². The van der Waals surface area contributed by atoms with E-state index < -0.39 is 0 Å². The summed E-state index contributed by atoms with van der Waals surface area (Å²) < 4.78 is 16.3. The molecule has 0 aromatic heterocycles. The van der Waals surface area contributed by atoms with Crippen LogP contribution in [0.4, 0.5) is 0 Å². The molecule has 1 amide bonds. The van der Waals surface area contributed by atoms with E-state index in [1.54, 1.807) is 32.4 Å². The quantitative estimate of drug-likeness (QED) is 0.473. The molecule has 8 heteroatoms. The maximum absolute atomic E-state index is 12.3. The van der Waals surface area contributed by atoms with Gasteiger partial charge in [0.2, 0.25) is 0 Å². The van der Waals surface area contributed by atoms with Gasteiger partial charge < -0.3 is 19.5 Å². The van der Waals surface area contributed by atoms with Crippen LogP contribution >= 0.6 is 28.1 Å². The first-order valence-electron chi connectivity index (χ1n) is 8.17. The Hall–Kier alpha value is -2.16. The second kappa shape index (κ2) is 10.9. The highest BCUT2D eigenvalue weighted by atomic mass is 79.9. The van der Waals surface area contributed by atoms with Gasteiger partial charge in [-0.05, 0) is 64.0 Å². The first-order valence-corrected chi connectivity index (χ1v) is 9.37. The molecule has 0 saturated carbocycles. The number of halogens is 1. The molecule has 2 aromatic rings. The van der Waals surface area contributed by atoms with E-state index in [0.29, 0.717) is 35.5 Å². The summed E-state index contributed by atoms with van der Waals surface area (Å²) >= 11 is 8.59. The monoisotopic (exact) mass is 452 g/mol. The minimum absolute atomic E-state index is 0.257. The molecule has 0 spiro atoms. The Balaban J connectivity index is 1.86. The van der Waals surface area contributed by atoms with E-state index in [0.717, 1.165) is 11.3 Å². The molecule has 0 fully saturated rings. The topological polar surface area (TPSA) is 68.8 Å². The maximum Gasteiger partial charge on any atom is 0.257 e. The Morgan fingerprint density at radius 2 is 1.85 bits per heavy atom. The molecule has 0 atom stereocenters. The van der Waals surface area contributed by atoms with Gasteiger partial charge in [0.25, 0.3) is 5.91 Å². The number of carbonyl (C=O) groups is 1. The van der Waals surface area contributed by atoms with Gasteiger partial charge in [0.1, 0.15) is 18.1 Å². The Morgan fingerprint density at radius 3 is 2.48 bits per heavy atom. The van der Waals surface area contributed by atoms with E-state index in [4.69, 9.17) is 26.4 Å². The lowest BCUT2D eigenvalue weighted by Gasteiger charge is -2.12. The van der Waals surface area contributed by atoms with Crippen LogP contribution in [0.25, 0.3) is 0 Å². The molecule has 27 heavy (non-hydrogen) atoms. The largest absolute Gasteiger partial charge is 0.497 e. The van der Waals surface area contributed by atoms with Crippen LogP contribution in [-0.4, -0.2) is 38.5 Å². The summed E-state index contributed by atoms with van der Waals surface area (Å²) in [4.78, 5) is 12.3. The molecular weight excluding hydrogens is 432 g/mol. The van der Waals surface area contributed by atoms with Crippen molar-refractivity contribution in [1.82, 2.24) is 10.6 Å². The fourth-order valence-electron chi connectivity index (χ4n) is 2.14. The number of hydrogen-bond donors (Lipinski definition) is 2. The second-order valence-corrected chi connectivity index (χ2v) is 6.73. The maximum atomic E-state index is 12.3. The van der Waals surface area contributed by atoms with Crippen LogP contribution < -0.4 is 20.1 Å². The van der Waals surface area contributed by atoms with E-state index in [-0.39, 0.29) is 11.0 Å². The van der Waals surface area contributed by atoms with Crippen LogP contribution in [0.1, 0.15) is 15.9 Å². The Morgan fingerprint density at radius 1 is 1.11 bits per heavy atom. The summed E-state index contributed by atoms with van der Waals surface area (Å²) in [6, 6.07) is 12.7. The molecule has 0 heterocycles. The van der Waals surface area contributed by atoms with Gasteiger partial charge >= 0.3 is 0 Å². The summed E-state index contributed by atoms with van der Waals surface area (Å²) in [6.07, 6.45) is 0. The summed E-state index contributed by atoms with van der Waals surface area (Å²) in [7, 11) is 3.23. The minimum atomic E-state index is -0.300. The van der Waals surface area contributed by atoms with Gasteiger partial charge in [-0.2, -0.15) is 0 Å². The zero-order chi connectivity index (χ0) is 19.6. The fraction of sp³-hybridized carbons (Fsp3) is 0.263. The first kappa shape index (κ1) is 21.1. The van der Waals surface area contributed by atoms with Gasteiger partial charge in [0.15, 0.2) is 5.11 Å². The summed E-state index contributed by atoms with van der Waals surface area (Å²) in [5, 5.41) is 5.93. The van der Waals surface area contributed by atoms with Crippen molar-refractivity contribution >= 4 is 39.2 Å². The predicted octanol–water partition coefficient (Wildman–Crippen LogP) is 3.29. The van der Waals surface area contributed by atoms with Crippen LogP contribution in [0.5, 0.6) is 11.5 Å². The molecule has 0 unspecified atom stereocenters. The van der Waals surface area contributed by atoms with Gasteiger partial charge in [-0.3, -0.25) is 10.1 Å². The number of amides is 1. The number of nitrogens with one attached hydrogen (secondary N) is 2. The van der Waals surface area contributed by atoms with Gasteiger partial charge in [0, 0.05) is 19.2 Å². The molecule has 0 bridgehead atoms. The zero-order valence-electron chi connectivity index (χ0n) is 15.1. The third-order valence-electron chi connectivity index (χ3n) is 3.58. The van der Waals surface area contributed by atoms with E-state index in [1.165, 1.54) is 0 Å². The molecule has 0 saturated heterocycles. The Kier molecular flexibility index (Phi) is 8.50. The van der Waals surface area contributed by atoms with Crippen molar-refractivity contribution in [2.24, 2.45) is 0 Å². The molecule has 0 aliphatic carbocycles. The van der Waals surface area contributed by atoms with Crippen LogP contribution in [0.3, 0.4) is 0 Å². The zero-order valence-corrected chi connectivity index (χ0v) is 17.5. The molecule has 2 rings (SSSR count). The van der Waals surface area contributed by atoms with Crippen molar-refractivity contribution in [3.05, 3.63) is 58.1 Å². The highest BCUT2D eigenvalue weighted by Crippen LogP contribution is 2.26. The van der Waals surface area contributed by atoms with Crippen LogP contribution in [0.15, 0.2) is 46.9 Å². The Bertz CT molecular complexity index is 784. The van der Waals surface area contributed by atoms with E-state index in [9.17, 15) is 4.79 Å². The predicted molar refractivity (Wildman–Crippen MR) is 111 cm³/mol. The van der Waals surface area contributed by atoms with Crippen LogP contribution in [0, 0.1) is 0 Å². The van der Waals surface area contributed by atoms with Gasteiger partial charge in [-0.25, -0.2) is 0 Å². The van der Waals surface area contributed by atoms with Crippen molar-refractivity contribution in [1.29, 1.82) is 0 Å². The van der Waals surface area contributed by atoms with Gasteiger partial charge in [0.05, 0.1) is 18.2 Å². The van der Waals surface area contributed by atoms with Gasteiger partial charge in [-0.15, -0.1) is 0 Å². The lowest BCUT2D eigenvalue weighted by atomic mass is 10.2. The number of hydrogen-bond acceptors (Lipinski definition) is 5. The second-order valence-electron chi connectivity index (χ2n) is 5.47. The normalized spacial score (nSPS) is 10.2. The summed E-state index contributed by atoms with van der Waals surface area (Å²) in [5.74, 6) is 1.13. The van der Waals surface area contributed by atoms with E-state index in [1.807, 2.05) is 24.3 Å². The van der Waals surface area contributed by atoms with Crippen molar-refractivity contribution in [3.63, 3.8) is 0 Å². The molecule has 0 aliphatic rings. The lowest BCUT2D eigenvalue weighted by molar-refractivity contribution is 0.0976. The SMILES string of the molecule is COCCOc1ccc(C(=O)NC(=S)NCc2ccc(OC)cc2)cc1Br. The highest BCUT2D eigenvalue weighted by Gasteiger charge is 2.11. The van der Waals surface area contributed by atoms with Crippen LogP contribution in [-0.2, 0) is 11.3 Å². The van der Waals surface area contributed by atoms with Crippen molar-refractivity contribution in [2.45, 2.75) is 6.54 Å². The van der Waals surface area contributed by atoms with E-state index in [2.05, 4.69) is 26.6 Å². The molecule has 6 nitrogen and oxygen atoms in total. The van der Waals surface area contributed by atoms with Crippen molar-refractivity contribution < 1.29 is 19.0 Å². The number of ether oxygens (including phenoxy) is 3. The standard InChI is InChI=1S/C19H21BrN2O4S/c1-24-9-10-26-17-8-5-14(11-16(17)20)18(23)22-19(27)21-12-13-3-6-15(25-2)7-4-13/h3-8,11H,9-10,12H2,1-2H3,(H2,21,22,23,27). The number of rotatable bonds is 8. The third kappa shape index (κ3) is 6.82. The van der Waals surface area contributed by atoms with E-state index >= 15 is 0 Å². The van der Waals surface area contributed by atoms with Crippen molar-refractivity contribution in [2.75, 3.05) is 27.4 Å². The highest BCUT2D eigenvalue weighted by molar-refractivity contribution is 9.10. The van der Waals surface area contributed by atoms with Crippen molar-refractivity contribution in [3.8, 4) is 11.5 Å². The minimum Gasteiger partial charge on any atom is -0.497 e. The number of thiocarbonyl (C=S) groups is 1. The molecule has 0 radical (unpaired) electrons. The molecular formula is C19H21BrN2O4S.